The Morgan fingerprint density at radius 2 is 1.48 bits per heavy atom. The second-order valence-electron chi connectivity index (χ2n) is 6.18. The molecule has 5 nitrogen and oxygen atoms in total. The molecular formula is C20H15F3N2O3S. The van der Waals surface area contributed by atoms with Crippen molar-refractivity contribution in [2.24, 2.45) is 0 Å². The summed E-state index contributed by atoms with van der Waals surface area (Å²) in [4.78, 5) is 12.3. The molecular weight excluding hydrogens is 405 g/mol. The molecule has 0 saturated heterocycles. The molecule has 0 aliphatic heterocycles. The van der Waals surface area contributed by atoms with Crippen LogP contribution in [0.1, 0.15) is 15.9 Å². The molecule has 29 heavy (non-hydrogen) atoms. The Bertz CT molecular complexity index is 1180. The quantitative estimate of drug-likeness (QED) is 0.640. The van der Waals surface area contributed by atoms with Crippen molar-refractivity contribution in [3.8, 4) is 0 Å². The Morgan fingerprint density at radius 3 is 2.14 bits per heavy atom. The maximum atomic E-state index is 13.3. The number of amides is 1. The molecule has 3 aromatic carbocycles. The summed E-state index contributed by atoms with van der Waals surface area (Å²) in [6.07, 6.45) is 0. The van der Waals surface area contributed by atoms with Gasteiger partial charge >= 0.3 is 0 Å². The second-order valence-corrected chi connectivity index (χ2v) is 7.83. The number of anilines is 2. The summed E-state index contributed by atoms with van der Waals surface area (Å²) in [7, 11) is -4.06. The number of benzene rings is 3. The van der Waals surface area contributed by atoms with Crippen LogP contribution in [0.15, 0.2) is 65.6 Å². The number of hydrogen-bond donors (Lipinski definition) is 2. The molecule has 0 atom stereocenters. The van der Waals surface area contributed by atoms with Crippen LogP contribution in [0.5, 0.6) is 0 Å². The summed E-state index contributed by atoms with van der Waals surface area (Å²) < 4.78 is 67.0. The second kappa shape index (κ2) is 7.96. The van der Waals surface area contributed by atoms with E-state index in [2.05, 4.69) is 10.0 Å². The van der Waals surface area contributed by atoms with Crippen molar-refractivity contribution in [3.63, 3.8) is 0 Å². The van der Waals surface area contributed by atoms with Crippen LogP contribution in [0.25, 0.3) is 0 Å². The predicted molar refractivity (Wildman–Crippen MR) is 103 cm³/mol. The molecule has 9 heteroatoms. The van der Waals surface area contributed by atoms with E-state index in [0.29, 0.717) is 5.56 Å². The van der Waals surface area contributed by atoms with E-state index in [4.69, 9.17) is 0 Å². The van der Waals surface area contributed by atoms with Gasteiger partial charge in [-0.15, -0.1) is 0 Å². The SMILES string of the molecule is Cc1ccc(C(=O)Nc2ccc(F)c(F)c2)cc1S(=O)(=O)Nc1ccc(F)cc1. The lowest BCUT2D eigenvalue weighted by Crippen LogP contribution is -2.17. The van der Waals surface area contributed by atoms with Gasteiger partial charge in [-0.25, -0.2) is 21.6 Å². The van der Waals surface area contributed by atoms with Gasteiger partial charge in [-0.3, -0.25) is 9.52 Å². The molecule has 0 aromatic heterocycles. The minimum Gasteiger partial charge on any atom is -0.322 e. The van der Waals surface area contributed by atoms with Crippen molar-refractivity contribution in [1.29, 1.82) is 0 Å². The molecule has 0 heterocycles. The maximum Gasteiger partial charge on any atom is 0.262 e. The summed E-state index contributed by atoms with van der Waals surface area (Å²) in [5, 5.41) is 2.38. The lowest BCUT2D eigenvalue weighted by atomic mass is 10.1. The van der Waals surface area contributed by atoms with Crippen LogP contribution < -0.4 is 10.0 Å². The highest BCUT2D eigenvalue weighted by atomic mass is 32.2. The van der Waals surface area contributed by atoms with Gasteiger partial charge in [0, 0.05) is 23.0 Å². The highest BCUT2D eigenvalue weighted by molar-refractivity contribution is 7.92. The van der Waals surface area contributed by atoms with Crippen molar-refractivity contribution in [3.05, 3.63) is 89.2 Å². The first-order chi connectivity index (χ1) is 13.7. The standard InChI is InChI=1S/C20H15F3N2O3S/c1-12-2-3-13(20(26)24-16-8-9-17(22)18(23)11-16)10-19(12)29(27,28)25-15-6-4-14(21)5-7-15/h2-11,25H,1H3,(H,24,26). The van der Waals surface area contributed by atoms with Gasteiger partial charge in [0.15, 0.2) is 11.6 Å². The molecule has 1 amide bonds. The summed E-state index contributed by atoms with van der Waals surface area (Å²) in [6, 6.07) is 11.6. The van der Waals surface area contributed by atoms with Crippen molar-refractivity contribution in [1.82, 2.24) is 0 Å². The molecule has 0 aliphatic rings. The number of nitrogens with one attached hydrogen (secondary N) is 2. The average molecular weight is 420 g/mol. The minimum absolute atomic E-state index is 0.000172. The van der Waals surface area contributed by atoms with Gasteiger partial charge in [0.2, 0.25) is 0 Å². The normalized spacial score (nSPS) is 11.2. The molecule has 2 N–H and O–H groups in total. The highest BCUT2D eigenvalue weighted by Gasteiger charge is 2.20. The first kappa shape index (κ1) is 20.4. The van der Waals surface area contributed by atoms with Crippen LogP contribution in [-0.4, -0.2) is 14.3 Å². The summed E-state index contributed by atoms with van der Waals surface area (Å²) in [6.45, 7) is 1.55. The van der Waals surface area contributed by atoms with Crippen LogP contribution in [0.3, 0.4) is 0 Å². The van der Waals surface area contributed by atoms with Crippen molar-refractivity contribution in [2.75, 3.05) is 10.0 Å². The summed E-state index contributed by atoms with van der Waals surface area (Å²) in [5.41, 5.74) is 0.551. The zero-order chi connectivity index (χ0) is 21.2. The zero-order valence-electron chi connectivity index (χ0n) is 15.0. The third-order valence-corrected chi connectivity index (χ3v) is 5.54. The monoisotopic (exact) mass is 420 g/mol. The molecule has 0 radical (unpaired) electrons. The fraction of sp³-hybridized carbons (Fsp3) is 0.0500. The number of hydrogen-bond acceptors (Lipinski definition) is 3. The largest absolute Gasteiger partial charge is 0.322 e. The lowest BCUT2D eigenvalue weighted by Gasteiger charge is -2.12. The third-order valence-electron chi connectivity index (χ3n) is 4.01. The number of aryl methyl sites for hydroxylation is 1. The molecule has 0 saturated carbocycles. The van der Waals surface area contributed by atoms with Gasteiger partial charge in [-0.1, -0.05) is 6.07 Å². The Kier molecular flexibility index (Phi) is 5.60. The Labute approximate surface area is 165 Å². The van der Waals surface area contributed by atoms with Gasteiger partial charge in [-0.2, -0.15) is 0 Å². The molecule has 3 aromatic rings. The predicted octanol–water partition coefficient (Wildman–Crippen LogP) is 4.47. The number of halogens is 3. The van der Waals surface area contributed by atoms with Crippen LogP contribution in [0.4, 0.5) is 24.5 Å². The van der Waals surface area contributed by atoms with E-state index in [-0.39, 0.29) is 21.8 Å². The molecule has 0 spiro atoms. The molecule has 0 fully saturated rings. The summed E-state index contributed by atoms with van der Waals surface area (Å²) >= 11 is 0. The third kappa shape index (κ3) is 4.75. The van der Waals surface area contributed by atoms with Gasteiger partial charge in [0.05, 0.1) is 4.90 Å². The smallest absolute Gasteiger partial charge is 0.262 e. The number of rotatable bonds is 5. The summed E-state index contributed by atoms with van der Waals surface area (Å²) in [5.74, 6) is -3.40. The average Bonchev–Trinajstić information content (AvgIpc) is 2.66. The van der Waals surface area contributed by atoms with E-state index in [1.165, 1.54) is 30.3 Å². The Morgan fingerprint density at radius 1 is 0.828 bits per heavy atom. The van der Waals surface area contributed by atoms with Crippen molar-refractivity contribution in [2.45, 2.75) is 11.8 Å². The highest BCUT2D eigenvalue weighted by Crippen LogP contribution is 2.22. The van der Waals surface area contributed by atoms with Crippen LogP contribution >= 0.6 is 0 Å². The topological polar surface area (TPSA) is 75.3 Å². The van der Waals surface area contributed by atoms with E-state index in [9.17, 15) is 26.4 Å². The van der Waals surface area contributed by atoms with E-state index >= 15 is 0 Å². The van der Waals surface area contributed by atoms with Crippen LogP contribution in [-0.2, 0) is 10.0 Å². The Balaban J connectivity index is 1.87. The van der Waals surface area contributed by atoms with E-state index in [1.807, 2.05) is 0 Å². The van der Waals surface area contributed by atoms with Gasteiger partial charge in [0.25, 0.3) is 15.9 Å². The van der Waals surface area contributed by atoms with Gasteiger partial charge in [0.1, 0.15) is 5.82 Å². The van der Waals surface area contributed by atoms with Crippen LogP contribution in [0, 0.1) is 24.4 Å². The van der Waals surface area contributed by atoms with Gasteiger partial charge < -0.3 is 5.32 Å². The number of sulfonamides is 1. The number of carbonyl (C=O) groups is 1. The lowest BCUT2D eigenvalue weighted by molar-refractivity contribution is 0.102. The van der Waals surface area contributed by atoms with Crippen molar-refractivity contribution >= 4 is 27.3 Å². The van der Waals surface area contributed by atoms with Gasteiger partial charge in [-0.05, 0) is 61.0 Å². The van der Waals surface area contributed by atoms with E-state index in [1.54, 1.807) is 6.92 Å². The Hall–Kier alpha value is -3.33. The molecule has 3 rings (SSSR count). The van der Waals surface area contributed by atoms with E-state index < -0.39 is 33.4 Å². The zero-order valence-corrected chi connectivity index (χ0v) is 15.9. The molecule has 0 unspecified atom stereocenters. The number of carbonyl (C=O) groups excluding carboxylic acids is 1. The van der Waals surface area contributed by atoms with Crippen molar-refractivity contribution < 1.29 is 26.4 Å². The maximum absolute atomic E-state index is 13.3. The van der Waals surface area contributed by atoms with Crippen LogP contribution in [0.2, 0.25) is 0 Å². The first-order valence-electron chi connectivity index (χ1n) is 8.31. The van der Waals surface area contributed by atoms with E-state index in [0.717, 1.165) is 30.3 Å². The fourth-order valence-electron chi connectivity index (χ4n) is 2.54. The minimum atomic E-state index is -4.06. The molecule has 0 bridgehead atoms. The molecule has 150 valence electrons. The molecule has 0 aliphatic carbocycles. The fourth-order valence-corrected chi connectivity index (χ4v) is 3.87. The first-order valence-corrected chi connectivity index (χ1v) is 9.79.